The number of methoxy groups -OCH3 is 2. The van der Waals surface area contributed by atoms with E-state index in [0.29, 0.717) is 17.1 Å². The molecule has 0 N–H and O–H groups in total. The standard InChI is InChI=1S/C21H18FN3O2/c1-13-20(14-4-7-16(22)8-5-14)21-23-11-10-17(25(21)24-13)15-6-9-18(26-2)19(12-15)27-3/h4-12H,1-3H3. The number of fused-ring (bicyclic) bond motifs is 1. The van der Waals surface area contributed by atoms with Crippen molar-refractivity contribution in [2.24, 2.45) is 0 Å². The van der Waals surface area contributed by atoms with Crippen molar-refractivity contribution in [3.63, 3.8) is 0 Å². The number of nitrogens with zero attached hydrogens (tertiary/aromatic N) is 3. The lowest BCUT2D eigenvalue weighted by Gasteiger charge is -2.10. The summed E-state index contributed by atoms with van der Waals surface area (Å²) < 4.78 is 25.8. The third kappa shape index (κ3) is 2.89. The van der Waals surface area contributed by atoms with Gasteiger partial charge in [-0.1, -0.05) is 12.1 Å². The van der Waals surface area contributed by atoms with Crippen LogP contribution in [-0.2, 0) is 0 Å². The van der Waals surface area contributed by atoms with Crippen LogP contribution in [0.3, 0.4) is 0 Å². The largest absolute Gasteiger partial charge is 0.493 e. The molecular weight excluding hydrogens is 345 g/mol. The summed E-state index contributed by atoms with van der Waals surface area (Å²) in [5, 5.41) is 4.67. The van der Waals surface area contributed by atoms with Crippen LogP contribution in [0.5, 0.6) is 11.5 Å². The van der Waals surface area contributed by atoms with E-state index in [9.17, 15) is 4.39 Å². The minimum Gasteiger partial charge on any atom is -0.493 e. The molecule has 0 atom stereocenters. The van der Waals surface area contributed by atoms with Crippen LogP contribution >= 0.6 is 0 Å². The van der Waals surface area contributed by atoms with Gasteiger partial charge in [-0.25, -0.2) is 13.9 Å². The van der Waals surface area contributed by atoms with Crippen molar-refractivity contribution < 1.29 is 13.9 Å². The summed E-state index contributed by atoms with van der Waals surface area (Å²) in [5.74, 6) is 1.03. The maximum atomic E-state index is 13.3. The first-order valence-electron chi connectivity index (χ1n) is 8.45. The fraction of sp³-hybridized carbons (Fsp3) is 0.143. The van der Waals surface area contributed by atoms with E-state index in [1.165, 1.54) is 12.1 Å². The Morgan fingerprint density at radius 3 is 2.30 bits per heavy atom. The molecule has 4 aromatic rings. The number of hydrogen-bond donors (Lipinski definition) is 0. The number of hydrogen-bond acceptors (Lipinski definition) is 4. The first-order chi connectivity index (χ1) is 13.1. The molecule has 27 heavy (non-hydrogen) atoms. The fourth-order valence-electron chi connectivity index (χ4n) is 3.22. The molecule has 0 saturated carbocycles. The normalized spacial score (nSPS) is 11.0. The van der Waals surface area contributed by atoms with Crippen LogP contribution in [0.25, 0.3) is 28.0 Å². The monoisotopic (exact) mass is 363 g/mol. The quantitative estimate of drug-likeness (QED) is 0.535. The topological polar surface area (TPSA) is 48.7 Å². The lowest BCUT2D eigenvalue weighted by Crippen LogP contribution is -1.97. The molecule has 0 radical (unpaired) electrons. The summed E-state index contributed by atoms with van der Waals surface area (Å²) in [6, 6.07) is 14.0. The second-order valence-electron chi connectivity index (χ2n) is 6.10. The van der Waals surface area contributed by atoms with Gasteiger partial charge < -0.3 is 9.47 Å². The molecule has 0 aliphatic rings. The highest BCUT2D eigenvalue weighted by molar-refractivity contribution is 5.81. The fourth-order valence-corrected chi connectivity index (χ4v) is 3.22. The molecule has 0 fully saturated rings. The van der Waals surface area contributed by atoms with Crippen LogP contribution in [0.4, 0.5) is 4.39 Å². The highest BCUT2D eigenvalue weighted by Gasteiger charge is 2.16. The van der Waals surface area contributed by atoms with Gasteiger partial charge in [0.25, 0.3) is 0 Å². The van der Waals surface area contributed by atoms with E-state index < -0.39 is 0 Å². The van der Waals surface area contributed by atoms with Gasteiger partial charge >= 0.3 is 0 Å². The summed E-state index contributed by atoms with van der Waals surface area (Å²) in [6.45, 7) is 1.92. The van der Waals surface area contributed by atoms with Gasteiger partial charge in [0.05, 0.1) is 25.6 Å². The molecule has 4 rings (SSSR count). The van der Waals surface area contributed by atoms with Crippen LogP contribution in [0.1, 0.15) is 5.69 Å². The van der Waals surface area contributed by atoms with Crippen molar-refractivity contribution in [1.29, 1.82) is 0 Å². The van der Waals surface area contributed by atoms with Crippen LogP contribution < -0.4 is 9.47 Å². The molecule has 2 aromatic heterocycles. The first-order valence-corrected chi connectivity index (χ1v) is 8.45. The number of aromatic nitrogens is 3. The van der Waals surface area contributed by atoms with Gasteiger partial charge in [0.15, 0.2) is 17.1 Å². The lowest BCUT2D eigenvalue weighted by molar-refractivity contribution is 0.355. The number of halogens is 1. The van der Waals surface area contributed by atoms with Gasteiger partial charge in [-0.2, -0.15) is 5.10 Å². The molecule has 2 heterocycles. The summed E-state index contributed by atoms with van der Waals surface area (Å²) >= 11 is 0. The predicted octanol–water partition coefficient (Wildman–Crippen LogP) is 4.53. The Hall–Kier alpha value is -3.41. The Balaban J connectivity index is 1.92. The van der Waals surface area contributed by atoms with Crippen LogP contribution in [0.2, 0.25) is 0 Å². The Morgan fingerprint density at radius 1 is 0.889 bits per heavy atom. The summed E-state index contributed by atoms with van der Waals surface area (Å²) in [4.78, 5) is 4.51. The van der Waals surface area contributed by atoms with E-state index >= 15 is 0 Å². The van der Waals surface area contributed by atoms with Crippen molar-refractivity contribution in [2.75, 3.05) is 14.2 Å². The highest BCUT2D eigenvalue weighted by atomic mass is 19.1. The van der Waals surface area contributed by atoms with Gasteiger partial charge in [0.2, 0.25) is 0 Å². The molecule has 0 bridgehead atoms. The SMILES string of the molecule is COc1ccc(-c2ccnc3c(-c4ccc(F)cc4)c(C)nn23)cc1OC. The Bertz CT molecular complexity index is 1120. The number of benzene rings is 2. The first kappa shape index (κ1) is 17.0. The Morgan fingerprint density at radius 2 is 1.59 bits per heavy atom. The smallest absolute Gasteiger partial charge is 0.163 e. The molecule has 2 aromatic carbocycles. The number of ether oxygens (including phenoxy) is 2. The summed E-state index contributed by atoms with van der Waals surface area (Å²) in [7, 11) is 3.21. The second-order valence-corrected chi connectivity index (χ2v) is 6.10. The minimum absolute atomic E-state index is 0.271. The van der Waals surface area contributed by atoms with E-state index in [1.807, 2.05) is 31.2 Å². The van der Waals surface area contributed by atoms with E-state index in [0.717, 1.165) is 28.1 Å². The molecule has 0 aliphatic heterocycles. The van der Waals surface area contributed by atoms with Gasteiger partial charge in [0.1, 0.15) is 5.82 Å². The maximum absolute atomic E-state index is 13.3. The number of rotatable bonds is 4. The molecule has 0 saturated heterocycles. The molecule has 5 nitrogen and oxygen atoms in total. The minimum atomic E-state index is -0.271. The zero-order valence-corrected chi connectivity index (χ0v) is 15.2. The molecular formula is C21H18FN3O2. The third-order valence-corrected chi connectivity index (χ3v) is 4.51. The van der Waals surface area contributed by atoms with Crippen molar-refractivity contribution in [2.45, 2.75) is 6.92 Å². The van der Waals surface area contributed by atoms with E-state index in [2.05, 4.69) is 10.1 Å². The van der Waals surface area contributed by atoms with Crippen molar-refractivity contribution in [1.82, 2.24) is 14.6 Å². The highest BCUT2D eigenvalue weighted by Crippen LogP contribution is 2.34. The predicted molar refractivity (Wildman–Crippen MR) is 102 cm³/mol. The molecule has 136 valence electrons. The van der Waals surface area contributed by atoms with Gasteiger partial charge in [-0.05, 0) is 48.9 Å². The van der Waals surface area contributed by atoms with Gasteiger partial charge in [0, 0.05) is 17.3 Å². The van der Waals surface area contributed by atoms with Crippen LogP contribution in [0, 0.1) is 12.7 Å². The third-order valence-electron chi connectivity index (χ3n) is 4.51. The average molecular weight is 363 g/mol. The second kappa shape index (κ2) is 6.72. The zero-order valence-electron chi connectivity index (χ0n) is 15.2. The Labute approximate surface area is 156 Å². The molecule has 0 aliphatic carbocycles. The van der Waals surface area contributed by atoms with Crippen LogP contribution in [0.15, 0.2) is 54.7 Å². The van der Waals surface area contributed by atoms with E-state index in [-0.39, 0.29) is 5.82 Å². The van der Waals surface area contributed by atoms with Crippen molar-refractivity contribution in [3.05, 3.63) is 66.2 Å². The van der Waals surface area contributed by atoms with Crippen molar-refractivity contribution >= 4 is 5.65 Å². The average Bonchev–Trinajstić information content (AvgIpc) is 3.04. The number of aryl methyl sites for hydroxylation is 1. The van der Waals surface area contributed by atoms with Crippen LogP contribution in [-0.4, -0.2) is 28.8 Å². The van der Waals surface area contributed by atoms with Gasteiger partial charge in [-0.15, -0.1) is 0 Å². The molecule has 0 amide bonds. The summed E-state index contributed by atoms with van der Waals surface area (Å²) in [5.41, 5.74) is 5.09. The van der Waals surface area contributed by atoms with E-state index in [4.69, 9.17) is 9.47 Å². The Kier molecular flexibility index (Phi) is 4.24. The van der Waals surface area contributed by atoms with E-state index in [1.54, 1.807) is 37.1 Å². The maximum Gasteiger partial charge on any atom is 0.163 e. The summed E-state index contributed by atoms with van der Waals surface area (Å²) in [6.07, 6.45) is 1.75. The van der Waals surface area contributed by atoms with Gasteiger partial charge in [-0.3, -0.25) is 0 Å². The molecule has 0 unspecified atom stereocenters. The lowest BCUT2D eigenvalue weighted by atomic mass is 10.1. The molecule has 0 spiro atoms. The van der Waals surface area contributed by atoms with Crippen molar-refractivity contribution in [3.8, 4) is 33.9 Å². The molecule has 6 heteroatoms. The zero-order chi connectivity index (χ0) is 19.0.